The van der Waals surface area contributed by atoms with Crippen molar-refractivity contribution in [1.82, 2.24) is 5.32 Å². The number of benzene rings is 1. The fourth-order valence-corrected chi connectivity index (χ4v) is 0.866. The molecule has 0 atom stereocenters. The molecule has 0 aliphatic carbocycles. The lowest BCUT2D eigenvalue weighted by atomic mass is 10.3. The molecule has 1 aromatic rings. The van der Waals surface area contributed by atoms with Gasteiger partial charge in [0.15, 0.2) is 0 Å². The van der Waals surface area contributed by atoms with Crippen LogP contribution in [-0.2, 0) is 0 Å². The van der Waals surface area contributed by atoms with Crippen LogP contribution in [0.5, 0.6) is 5.75 Å². The van der Waals surface area contributed by atoms with E-state index in [1.165, 1.54) is 24.3 Å². The average molecular weight is 208 g/mol. The molecule has 4 nitrogen and oxygen atoms in total. The zero-order valence-electron chi connectivity index (χ0n) is 7.87. The molecule has 1 N–H and O–H groups in total. The molecular formula is C10H9FN2O2. The van der Waals surface area contributed by atoms with E-state index < -0.39 is 11.9 Å². The van der Waals surface area contributed by atoms with Gasteiger partial charge in [0.2, 0.25) is 0 Å². The summed E-state index contributed by atoms with van der Waals surface area (Å²) in [4.78, 5) is 11.0. The van der Waals surface area contributed by atoms with Gasteiger partial charge >= 0.3 is 6.09 Å². The first-order chi connectivity index (χ1) is 7.22. The number of nitrogens with one attached hydrogen (secondary N) is 1. The molecule has 0 saturated carbocycles. The fraction of sp³-hybridized carbons (Fsp3) is 0.200. The molecule has 0 fully saturated rings. The highest BCUT2D eigenvalue weighted by Crippen LogP contribution is 2.10. The topological polar surface area (TPSA) is 62.1 Å². The Balaban J connectivity index is 2.38. The lowest BCUT2D eigenvalue weighted by Crippen LogP contribution is -2.27. The molecule has 0 unspecified atom stereocenters. The molecule has 0 bridgehead atoms. The van der Waals surface area contributed by atoms with Crippen LogP contribution in [-0.4, -0.2) is 12.6 Å². The molecule has 5 heteroatoms. The van der Waals surface area contributed by atoms with Crippen LogP contribution in [0, 0.1) is 17.1 Å². The Hall–Kier alpha value is -2.09. The van der Waals surface area contributed by atoms with Crippen LogP contribution in [0.4, 0.5) is 9.18 Å². The van der Waals surface area contributed by atoms with E-state index in [-0.39, 0.29) is 18.7 Å². The van der Waals surface area contributed by atoms with Gasteiger partial charge < -0.3 is 10.1 Å². The van der Waals surface area contributed by atoms with Crippen LogP contribution in [0.3, 0.4) is 0 Å². The second kappa shape index (κ2) is 5.60. The molecule has 1 rings (SSSR count). The van der Waals surface area contributed by atoms with E-state index in [1.54, 1.807) is 0 Å². The molecule has 0 radical (unpaired) electrons. The van der Waals surface area contributed by atoms with E-state index in [4.69, 9.17) is 10.00 Å². The van der Waals surface area contributed by atoms with E-state index in [0.29, 0.717) is 0 Å². The van der Waals surface area contributed by atoms with E-state index in [1.807, 2.05) is 6.07 Å². The quantitative estimate of drug-likeness (QED) is 0.771. The lowest BCUT2D eigenvalue weighted by Gasteiger charge is -2.04. The molecule has 1 aromatic carbocycles. The predicted molar refractivity (Wildman–Crippen MR) is 50.7 cm³/mol. The van der Waals surface area contributed by atoms with Crippen LogP contribution in [0.15, 0.2) is 24.3 Å². The summed E-state index contributed by atoms with van der Waals surface area (Å²) < 4.78 is 17.3. The third-order valence-electron chi connectivity index (χ3n) is 1.53. The van der Waals surface area contributed by atoms with Gasteiger partial charge in [-0.25, -0.2) is 9.18 Å². The Kier molecular flexibility index (Phi) is 4.10. The van der Waals surface area contributed by atoms with E-state index >= 15 is 0 Å². The van der Waals surface area contributed by atoms with Gasteiger partial charge in [0.1, 0.15) is 11.6 Å². The number of hydrogen-bond acceptors (Lipinski definition) is 3. The van der Waals surface area contributed by atoms with Crippen LogP contribution in [0.1, 0.15) is 6.42 Å². The lowest BCUT2D eigenvalue weighted by molar-refractivity contribution is 0.200. The van der Waals surface area contributed by atoms with Gasteiger partial charge in [0.25, 0.3) is 0 Å². The number of hydrogen-bond donors (Lipinski definition) is 1. The van der Waals surface area contributed by atoms with Crippen molar-refractivity contribution in [2.75, 3.05) is 6.54 Å². The summed E-state index contributed by atoms with van der Waals surface area (Å²) >= 11 is 0. The summed E-state index contributed by atoms with van der Waals surface area (Å²) in [6.45, 7) is 0.233. The summed E-state index contributed by atoms with van der Waals surface area (Å²) in [6.07, 6.45) is -0.435. The zero-order chi connectivity index (χ0) is 11.1. The van der Waals surface area contributed by atoms with Crippen LogP contribution >= 0.6 is 0 Å². The highest BCUT2D eigenvalue weighted by molar-refractivity contribution is 5.70. The van der Waals surface area contributed by atoms with Gasteiger partial charge in [-0.1, -0.05) is 0 Å². The van der Waals surface area contributed by atoms with Crippen molar-refractivity contribution in [1.29, 1.82) is 5.26 Å². The minimum absolute atomic E-state index is 0.221. The summed E-state index contributed by atoms with van der Waals surface area (Å²) in [7, 11) is 0. The van der Waals surface area contributed by atoms with E-state index in [9.17, 15) is 9.18 Å². The largest absolute Gasteiger partial charge is 0.412 e. The Morgan fingerprint density at radius 2 is 2.13 bits per heavy atom. The predicted octanol–water partition coefficient (Wildman–Crippen LogP) is 1.83. The normalized spacial score (nSPS) is 9.07. The van der Waals surface area contributed by atoms with Gasteiger partial charge in [-0.3, -0.25) is 0 Å². The van der Waals surface area contributed by atoms with Crippen LogP contribution in [0.25, 0.3) is 0 Å². The smallest absolute Gasteiger partial charge is 0.410 e. The third-order valence-corrected chi connectivity index (χ3v) is 1.53. The Labute approximate surface area is 86.3 Å². The maximum atomic E-state index is 12.5. The van der Waals surface area contributed by atoms with E-state index in [0.717, 1.165) is 0 Å². The zero-order valence-corrected chi connectivity index (χ0v) is 7.87. The minimum atomic E-state index is -0.656. The summed E-state index contributed by atoms with van der Waals surface area (Å²) in [5, 5.41) is 10.6. The Morgan fingerprint density at radius 1 is 1.47 bits per heavy atom. The molecule has 1 amide bonds. The van der Waals surface area contributed by atoms with Crippen LogP contribution < -0.4 is 10.1 Å². The Morgan fingerprint density at radius 3 is 2.73 bits per heavy atom. The van der Waals surface area contributed by atoms with Gasteiger partial charge in [0, 0.05) is 6.54 Å². The van der Waals surface area contributed by atoms with Crippen LogP contribution in [0.2, 0.25) is 0 Å². The molecule has 0 saturated heterocycles. The average Bonchev–Trinajstić information content (AvgIpc) is 2.22. The first-order valence-corrected chi connectivity index (χ1v) is 4.30. The third kappa shape index (κ3) is 4.09. The second-order valence-electron chi connectivity index (χ2n) is 2.68. The Bertz CT molecular complexity index is 370. The second-order valence-corrected chi connectivity index (χ2v) is 2.68. The van der Waals surface area contributed by atoms with Crippen molar-refractivity contribution in [3.05, 3.63) is 30.1 Å². The first-order valence-electron chi connectivity index (χ1n) is 4.30. The molecule has 0 aliphatic heterocycles. The highest BCUT2D eigenvalue weighted by Gasteiger charge is 2.02. The SMILES string of the molecule is N#CCCNC(=O)Oc1ccc(F)cc1. The molecule has 0 heterocycles. The van der Waals surface area contributed by atoms with Gasteiger partial charge in [-0.05, 0) is 24.3 Å². The number of amides is 1. The number of ether oxygens (including phenoxy) is 1. The van der Waals surface area contributed by atoms with Crippen molar-refractivity contribution >= 4 is 6.09 Å². The minimum Gasteiger partial charge on any atom is -0.410 e. The summed E-state index contributed by atoms with van der Waals surface area (Å²) in [6, 6.07) is 6.95. The monoisotopic (exact) mass is 208 g/mol. The molecule has 0 aliphatic rings. The van der Waals surface area contributed by atoms with Gasteiger partial charge in [-0.15, -0.1) is 0 Å². The maximum absolute atomic E-state index is 12.5. The summed E-state index contributed by atoms with van der Waals surface area (Å²) in [5.74, 6) is -0.141. The van der Waals surface area contributed by atoms with E-state index in [2.05, 4.69) is 5.32 Å². The van der Waals surface area contributed by atoms with Gasteiger partial charge in [-0.2, -0.15) is 5.26 Å². The van der Waals surface area contributed by atoms with Crippen molar-refractivity contribution in [3.63, 3.8) is 0 Å². The number of carbonyl (C=O) groups excluding carboxylic acids is 1. The van der Waals surface area contributed by atoms with Gasteiger partial charge in [0.05, 0.1) is 12.5 Å². The molecule has 78 valence electrons. The van der Waals surface area contributed by atoms with Crippen molar-refractivity contribution in [3.8, 4) is 11.8 Å². The van der Waals surface area contributed by atoms with Crippen molar-refractivity contribution in [2.45, 2.75) is 6.42 Å². The molecule has 0 spiro atoms. The molecule has 15 heavy (non-hydrogen) atoms. The molecule has 0 aromatic heterocycles. The van der Waals surface area contributed by atoms with Crippen molar-refractivity contribution < 1.29 is 13.9 Å². The maximum Gasteiger partial charge on any atom is 0.412 e. The van der Waals surface area contributed by atoms with Crippen molar-refractivity contribution in [2.24, 2.45) is 0 Å². The highest BCUT2D eigenvalue weighted by atomic mass is 19.1. The fourth-order valence-electron chi connectivity index (χ4n) is 0.866. The molecular weight excluding hydrogens is 199 g/mol. The number of carbonyl (C=O) groups is 1. The number of nitriles is 1. The standard InChI is InChI=1S/C10H9FN2O2/c11-8-2-4-9(5-3-8)15-10(14)13-7-1-6-12/h2-5H,1,7H2,(H,13,14). The number of nitrogens with zero attached hydrogens (tertiary/aromatic N) is 1. The first kappa shape index (κ1) is 11.0. The number of halogens is 1. The number of rotatable bonds is 3. The summed E-state index contributed by atoms with van der Waals surface area (Å²) in [5.41, 5.74) is 0.